The number of hydrogen-bond acceptors (Lipinski definition) is 4. The van der Waals surface area contributed by atoms with Gasteiger partial charge in [-0.25, -0.2) is 9.97 Å². The first-order chi connectivity index (χ1) is 10.2. The highest BCUT2D eigenvalue weighted by molar-refractivity contribution is 5.71. The summed E-state index contributed by atoms with van der Waals surface area (Å²) in [6, 6.07) is 4.48. The molecule has 1 atom stereocenters. The Morgan fingerprint density at radius 3 is 3.05 bits per heavy atom. The quantitative estimate of drug-likeness (QED) is 0.917. The van der Waals surface area contributed by atoms with Crippen molar-refractivity contribution >= 4 is 11.2 Å². The van der Waals surface area contributed by atoms with E-state index in [9.17, 15) is 0 Å². The van der Waals surface area contributed by atoms with E-state index in [1.54, 1.807) is 0 Å². The number of aryl methyl sites for hydroxylation is 1. The van der Waals surface area contributed by atoms with Gasteiger partial charge in [-0.1, -0.05) is 0 Å². The van der Waals surface area contributed by atoms with Crippen LogP contribution in [0.5, 0.6) is 0 Å². The van der Waals surface area contributed by atoms with Gasteiger partial charge in [0.2, 0.25) is 0 Å². The Morgan fingerprint density at radius 1 is 1.43 bits per heavy atom. The van der Waals surface area contributed by atoms with Crippen molar-refractivity contribution in [3.8, 4) is 0 Å². The van der Waals surface area contributed by atoms with Crippen LogP contribution in [0.25, 0.3) is 11.2 Å². The minimum atomic E-state index is 0.204. The van der Waals surface area contributed by atoms with Gasteiger partial charge in [0.15, 0.2) is 5.65 Å². The molecule has 0 spiro atoms. The molecule has 1 fully saturated rings. The Hall–Kier alpha value is -1.46. The van der Waals surface area contributed by atoms with Crippen LogP contribution in [0.1, 0.15) is 45.1 Å². The molecule has 0 aromatic carbocycles. The molecule has 5 heteroatoms. The summed E-state index contributed by atoms with van der Waals surface area (Å²) in [5.41, 5.74) is 1.93. The highest BCUT2D eigenvalue weighted by atomic mass is 16.2. The molecule has 0 radical (unpaired) electrons. The molecule has 1 saturated heterocycles. The van der Waals surface area contributed by atoms with E-state index in [0.717, 1.165) is 42.8 Å². The molecule has 5 nitrogen and oxygen atoms in total. The maximum Gasteiger partial charge on any atom is 0.161 e. The number of aliphatic hydroxyl groups is 1. The summed E-state index contributed by atoms with van der Waals surface area (Å²) in [6.45, 7) is 5.83. The van der Waals surface area contributed by atoms with Crippen LogP contribution in [0.15, 0.2) is 18.3 Å². The molecule has 3 rings (SSSR count). The van der Waals surface area contributed by atoms with Gasteiger partial charge >= 0.3 is 0 Å². The number of fused-ring (bicyclic) bond motifs is 1. The molecular formula is C16H24N4O. The fourth-order valence-electron chi connectivity index (χ4n) is 3.35. The fourth-order valence-corrected chi connectivity index (χ4v) is 3.35. The van der Waals surface area contributed by atoms with Crippen LogP contribution in [0.2, 0.25) is 0 Å². The molecule has 3 heterocycles. The maximum absolute atomic E-state index is 9.14. The van der Waals surface area contributed by atoms with Crippen molar-refractivity contribution in [2.45, 2.75) is 51.7 Å². The number of aliphatic hydroxyl groups excluding tert-OH is 1. The second-order valence-electron chi connectivity index (χ2n) is 6.03. The van der Waals surface area contributed by atoms with E-state index in [4.69, 9.17) is 10.1 Å². The minimum absolute atomic E-state index is 0.204. The first-order valence-corrected chi connectivity index (χ1v) is 7.91. The highest BCUT2D eigenvalue weighted by Crippen LogP contribution is 2.32. The lowest BCUT2D eigenvalue weighted by atomic mass is 10.2. The molecule has 21 heavy (non-hydrogen) atoms. The lowest BCUT2D eigenvalue weighted by Crippen LogP contribution is -2.34. The molecule has 2 aromatic rings. The van der Waals surface area contributed by atoms with Gasteiger partial charge < -0.3 is 5.11 Å². The van der Waals surface area contributed by atoms with Gasteiger partial charge in [-0.15, -0.1) is 0 Å². The van der Waals surface area contributed by atoms with E-state index in [1.165, 1.54) is 6.42 Å². The molecule has 2 aromatic heterocycles. The third kappa shape index (κ3) is 2.68. The van der Waals surface area contributed by atoms with Crippen LogP contribution in [-0.2, 0) is 6.42 Å². The van der Waals surface area contributed by atoms with E-state index in [2.05, 4.69) is 28.3 Å². The highest BCUT2D eigenvalue weighted by Gasteiger charge is 2.31. The number of pyridine rings is 1. The molecule has 1 unspecified atom stereocenters. The van der Waals surface area contributed by atoms with Crippen molar-refractivity contribution < 1.29 is 5.11 Å². The monoisotopic (exact) mass is 288 g/mol. The summed E-state index contributed by atoms with van der Waals surface area (Å²) in [5, 5.41) is 9.14. The van der Waals surface area contributed by atoms with Gasteiger partial charge in [-0.3, -0.25) is 9.47 Å². The summed E-state index contributed by atoms with van der Waals surface area (Å²) in [7, 11) is 0. The Kier molecular flexibility index (Phi) is 4.22. The SMILES string of the molecule is CC(C)N1CCCC1n1c(CCCO)nc2cccnc21. The summed E-state index contributed by atoms with van der Waals surface area (Å²) in [4.78, 5) is 11.8. The first-order valence-electron chi connectivity index (χ1n) is 7.91. The van der Waals surface area contributed by atoms with E-state index < -0.39 is 0 Å². The molecule has 0 amide bonds. The summed E-state index contributed by atoms with van der Waals surface area (Å²) in [6.07, 6.45) is 6.10. The van der Waals surface area contributed by atoms with Crippen LogP contribution in [0.3, 0.4) is 0 Å². The predicted octanol–water partition coefficient (Wildman–Crippen LogP) is 2.36. The molecule has 0 saturated carbocycles. The van der Waals surface area contributed by atoms with Crippen molar-refractivity contribution in [2.75, 3.05) is 13.2 Å². The lowest BCUT2D eigenvalue weighted by molar-refractivity contribution is 0.151. The second kappa shape index (κ2) is 6.12. The second-order valence-corrected chi connectivity index (χ2v) is 6.03. The average Bonchev–Trinajstić information content (AvgIpc) is 3.08. The zero-order chi connectivity index (χ0) is 14.8. The van der Waals surface area contributed by atoms with Gasteiger partial charge in [0.25, 0.3) is 0 Å². The Morgan fingerprint density at radius 2 is 2.29 bits per heavy atom. The van der Waals surface area contributed by atoms with E-state index in [1.807, 2.05) is 18.3 Å². The minimum Gasteiger partial charge on any atom is -0.396 e. The van der Waals surface area contributed by atoms with Crippen molar-refractivity contribution in [1.82, 2.24) is 19.4 Å². The number of imidazole rings is 1. The third-order valence-electron chi connectivity index (χ3n) is 4.30. The predicted molar refractivity (Wildman–Crippen MR) is 83.0 cm³/mol. The van der Waals surface area contributed by atoms with Crippen LogP contribution >= 0.6 is 0 Å². The van der Waals surface area contributed by atoms with Crippen molar-refractivity contribution in [3.05, 3.63) is 24.2 Å². The average molecular weight is 288 g/mol. The molecular weight excluding hydrogens is 264 g/mol. The normalized spacial score (nSPS) is 19.9. The van der Waals surface area contributed by atoms with Gasteiger partial charge in [0, 0.05) is 31.8 Å². The number of likely N-dealkylation sites (tertiary alicyclic amines) is 1. The van der Waals surface area contributed by atoms with Gasteiger partial charge in [-0.05, 0) is 45.2 Å². The number of nitrogens with zero attached hydrogens (tertiary/aromatic N) is 4. The molecule has 114 valence electrons. The number of aromatic nitrogens is 3. The molecule has 0 bridgehead atoms. The standard InChI is InChI=1S/C16H24N4O/c1-12(2)19-10-4-8-15(19)20-14(7-5-11-21)18-13-6-3-9-17-16(13)20/h3,6,9,12,15,21H,4-5,7-8,10-11H2,1-2H3. The largest absolute Gasteiger partial charge is 0.396 e. The Balaban J connectivity index is 2.06. The zero-order valence-corrected chi connectivity index (χ0v) is 12.9. The van der Waals surface area contributed by atoms with E-state index in [0.29, 0.717) is 12.2 Å². The lowest BCUT2D eigenvalue weighted by Gasteiger charge is -2.30. The molecule has 1 N–H and O–H groups in total. The fraction of sp³-hybridized carbons (Fsp3) is 0.625. The third-order valence-corrected chi connectivity index (χ3v) is 4.30. The van der Waals surface area contributed by atoms with Crippen molar-refractivity contribution in [2.24, 2.45) is 0 Å². The van der Waals surface area contributed by atoms with Crippen LogP contribution in [0, 0.1) is 0 Å². The molecule has 1 aliphatic rings. The van der Waals surface area contributed by atoms with Crippen LogP contribution in [-0.4, -0.2) is 43.7 Å². The van der Waals surface area contributed by atoms with Crippen LogP contribution in [0.4, 0.5) is 0 Å². The summed E-state index contributed by atoms with van der Waals surface area (Å²) >= 11 is 0. The first kappa shape index (κ1) is 14.5. The van der Waals surface area contributed by atoms with Crippen molar-refractivity contribution in [3.63, 3.8) is 0 Å². The topological polar surface area (TPSA) is 54.2 Å². The zero-order valence-electron chi connectivity index (χ0n) is 12.9. The molecule has 1 aliphatic heterocycles. The smallest absolute Gasteiger partial charge is 0.161 e. The van der Waals surface area contributed by atoms with Gasteiger partial charge in [0.1, 0.15) is 11.3 Å². The van der Waals surface area contributed by atoms with Gasteiger partial charge in [0.05, 0.1) is 6.17 Å². The van der Waals surface area contributed by atoms with Crippen LogP contribution < -0.4 is 0 Å². The van der Waals surface area contributed by atoms with Crippen molar-refractivity contribution in [1.29, 1.82) is 0 Å². The molecule has 0 aliphatic carbocycles. The maximum atomic E-state index is 9.14. The summed E-state index contributed by atoms with van der Waals surface area (Å²) in [5.74, 6) is 1.05. The van der Waals surface area contributed by atoms with E-state index >= 15 is 0 Å². The van der Waals surface area contributed by atoms with E-state index in [-0.39, 0.29) is 6.61 Å². The number of hydrogen-bond donors (Lipinski definition) is 1. The van der Waals surface area contributed by atoms with Gasteiger partial charge in [-0.2, -0.15) is 0 Å². The Bertz CT molecular complexity index is 607. The summed E-state index contributed by atoms with van der Waals surface area (Å²) < 4.78 is 2.30. The Labute approximate surface area is 125 Å². The number of rotatable bonds is 5.